The molecule has 0 bridgehead atoms. The highest BCUT2D eigenvalue weighted by molar-refractivity contribution is 7.47. The second-order valence-electron chi connectivity index (χ2n) is 28.7. The summed E-state index contributed by atoms with van der Waals surface area (Å²) in [7, 11) is -9.91. The van der Waals surface area contributed by atoms with Gasteiger partial charge in [-0.25, -0.2) is 9.13 Å². The number of phosphoric acid groups is 2. The number of rotatable bonds is 79. The average Bonchev–Trinajstić information content (AvgIpc) is 3.03. The van der Waals surface area contributed by atoms with Gasteiger partial charge in [0.15, 0.2) is 12.2 Å². The van der Waals surface area contributed by atoms with E-state index in [9.17, 15) is 43.2 Å². The fraction of sp³-hybridized carbons (Fsp3) is 0.949. The molecule has 0 radical (unpaired) electrons. The van der Waals surface area contributed by atoms with Gasteiger partial charge in [0.25, 0.3) is 0 Å². The van der Waals surface area contributed by atoms with Crippen LogP contribution >= 0.6 is 15.6 Å². The van der Waals surface area contributed by atoms with Gasteiger partial charge in [-0.3, -0.25) is 37.3 Å². The third kappa shape index (κ3) is 71.1. The minimum Gasteiger partial charge on any atom is -0.462 e. The predicted molar refractivity (Wildman–Crippen MR) is 400 cm³/mol. The van der Waals surface area contributed by atoms with Crippen molar-refractivity contribution in [3.05, 3.63) is 0 Å². The molecule has 0 amide bonds. The van der Waals surface area contributed by atoms with Crippen molar-refractivity contribution in [1.29, 1.82) is 0 Å². The van der Waals surface area contributed by atoms with Crippen LogP contribution in [0.15, 0.2) is 0 Å². The first-order chi connectivity index (χ1) is 47.6. The molecule has 0 aliphatic carbocycles. The Labute approximate surface area is 600 Å². The van der Waals surface area contributed by atoms with Crippen molar-refractivity contribution in [2.75, 3.05) is 39.6 Å². The van der Waals surface area contributed by atoms with E-state index in [0.717, 1.165) is 95.8 Å². The van der Waals surface area contributed by atoms with E-state index in [-0.39, 0.29) is 25.7 Å². The normalized spacial score (nSPS) is 14.2. The quantitative estimate of drug-likeness (QED) is 0.0222. The summed E-state index contributed by atoms with van der Waals surface area (Å²) in [6.07, 6.45) is 62.4. The summed E-state index contributed by atoms with van der Waals surface area (Å²) in [5.74, 6) is -1.33. The second-order valence-corrected chi connectivity index (χ2v) is 31.6. The lowest BCUT2D eigenvalue weighted by Crippen LogP contribution is -2.30. The van der Waals surface area contributed by atoms with Gasteiger partial charge in [-0.2, -0.15) is 0 Å². The summed E-state index contributed by atoms with van der Waals surface area (Å²) >= 11 is 0. The van der Waals surface area contributed by atoms with Gasteiger partial charge < -0.3 is 33.8 Å². The van der Waals surface area contributed by atoms with E-state index >= 15 is 0 Å². The lowest BCUT2D eigenvalue weighted by molar-refractivity contribution is -0.161. The predicted octanol–water partition coefficient (Wildman–Crippen LogP) is 23.6. The van der Waals surface area contributed by atoms with Crippen LogP contribution in [-0.4, -0.2) is 96.7 Å². The zero-order valence-corrected chi connectivity index (χ0v) is 65.7. The Morgan fingerprint density at radius 1 is 0.286 bits per heavy atom. The summed E-state index contributed by atoms with van der Waals surface area (Å²) < 4.78 is 68.6. The zero-order chi connectivity index (χ0) is 71.9. The number of esters is 4. The number of unbranched alkanes of at least 4 members (excludes halogenated alkanes) is 50. The molecular weight excluding hydrogens is 1280 g/mol. The number of aliphatic hydroxyl groups is 1. The highest BCUT2D eigenvalue weighted by Crippen LogP contribution is 2.45. The Kier molecular flexibility index (Phi) is 70.6. The lowest BCUT2D eigenvalue weighted by atomic mass is 9.99. The number of phosphoric ester groups is 2. The van der Waals surface area contributed by atoms with Gasteiger partial charge >= 0.3 is 39.5 Å². The number of hydrogen-bond donors (Lipinski definition) is 3. The van der Waals surface area contributed by atoms with Crippen molar-refractivity contribution in [2.24, 2.45) is 5.92 Å². The zero-order valence-electron chi connectivity index (χ0n) is 63.9. The second kappa shape index (κ2) is 72.0. The van der Waals surface area contributed by atoms with E-state index in [1.165, 1.54) is 244 Å². The lowest BCUT2D eigenvalue weighted by Gasteiger charge is -2.21. The van der Waals surface area contributed by atoms with E-state index in [2.05, 4.69) is 34.6 Å². The maximum absolute atomic E-state index is 13.1. The first kappa shape index (κ1) is 96.1. The molecule has 0 fully saturated rings. The van der Waals surface area contributed by atoms with Crippen LogP contribution in [0.1, 0.15) is 420 Å². The van der Waals surface area contributed by atoms with E-state index in [0.29, 0.717) is 25.7 Å². The van der Waals surface area contributed by atoms with Gasteiger partial charge in [-0.05, 0) is 31.6 Å². The SMILES string of the molecule is CCCCCCCCCCCCCCCCCCCCCCCCC(=O)O[C@H](COC(=O)CCCCCCCCCCC(C)CC)COP(=O)(O)OC[C@@H](O)COP(=O)(O)OC[C@@H](COC(=O)CCCCCCCCCCCCCC)OC(=O)CCCCCCCCCCCCCC. The number of carbonyl (C=O) groups excluding carboxylic acids is 4. The maximum Gasteiger partial charge on any atom is 0.472 e. The number of carbonyl (C=O) groups is 4. The largest absolute Gasteiger partial charge is 0.472 e. The van der Waals surface area contributed by atoms with Crippen molar-refractivity contribution in [1.82, 2.24) is 0 Å². The van der Waals surface area contributed by atoms with Crippen molar-refractivity contribution in [3.63, 3.8) is 0 Å². The van der Waals surface area contributed by atoms with Crippen LogP contribution in [0.25, 0.3) is 0 Å². The van der Waals surface area contributed by atoms with Crippen LogP contribution in [0.4, 0.5) is 0 Å². The fourth-order valence-corrected chi connectivity index (χ4v) is 13.8. The summed E-state index contributed by atoms with van der Waals surface area (Å²) in [6, 6.07) is 0. The van der Waals surface area contributed by atoms with Crippen LogP contribution < -0.4 is 0 Å². The third-order valence-electron chi connectivity index (χ3n) is 18.9. The Hall–Kier alpha value is -1.94. The van der Waals surface area contributed by atoms with Crippen molar-refractivity contribution in [3.8, 4) is 0 Å². The summed E-state index contributed by atoms with van der Waals surface area (Å²) in [5, 5.41) is 10.6. The highest BCUT2D eigenvalue weighted by atomic mass is 31.2. The molecule has 0 rings (SSSR count). The van der Waals surface area contributed by atoms with Crippen molar-refractivity contribution >= 4 is 39.5 Å². The molecule has 0 aromatic heterocycles. The molecule has 0 spiro atoms. The summed E-state index contributed by atoms with van der Waals surface area (Å²) in [6.45, 7) is 7.31. The molecule has 6 atom stereocenters. The Balaban J connectivity index is 5.19. The molecule has 0 saturated carbocycles. The van der Waals surface area contributed by atoms with Gasteiger partial charge in [0, 0.05) is 25.7 Å². The standard InChI is InChI=1S/C79H154O17P2/c1-6-10-13-16-19-22-25-28-29-30-31-32-33-34-35-36-37-40-43-50-55-60-65-79(84)96-75(69-90-77(82)63-58-53-48-45-44-46-51-56-61-72(5)9-4)71-94-98(87,88)92-67-73(80)66-91-97(85,86)93-70-74(95-78(83)64-59-54-49-42-39-27-24-21-18-15-12-8-3)68-89-76(81)62-57-52-47-41-38-26-23-20-17-14-11-7-2/h72-75,80H,6-71H2,1-5H3,(H,85,86)(H,87,88)/t72?,73-,74+,75+/m0/s1. The van der Waals surface area contributed by atoms with Gasteiger partial charge in [0.2, 0.25) is 0 Å². The van der Waals surface area contributed by atoms with Gasteiger partial charge in [0.05, 0.1) is 26.4 Å². The topological polar surface area (TPSA) is 237 Å². The minimum atomic E-state index is -4.96. The molecule has 19 heteroatoms. The van der Waals surface area contributed by atoms with E-state index in [1.54, 1.807) is 0 Å². The average molecular weight is 1440 g/mol. The molecule has 0 aromatic carbocycles. The van der Waals surface area contributed by atoms with Crippen molar-refractivity contribution in [2.45, 2.75) is 438 Å². The molecule has 3 unspecified atom stereocenters. The van der Waals surface area contributed by atoms with Crippen molar-refractivity contribution < 1.29 is 80.2 Å². The monoisotopic (exact) mass is 1440 g/mol. The molecule has 17 nitrogen and oxygen atoms in total. The number of ether oxygens (including phenoxy) is 4. The fourth-order valence-electron chi connectivity index (χ4n) is 12.2. The Morgan fingerprint density at radius 3 is 0.724 bits per heavy atom. The number of hydrogen-bond acceptors (Lipinski definition) is 15. The van der Waals surface area contributed by atoms with Crippen LogP contribution in [0.2, 0.25) is 0 Å². The van der Waals surface area contributed by atoms with Gasteiger partial charge in [-0.1, -0.05) is 369 Å². The first-order valence-corrected chi connectivity index (χ1v) is 44.2. The third-order valence-corrected chi connectivity index (χ3v) is 20.8. The molecule has 0 saturated heterocycles. The van der Waals surface area contributed by atoms with E-state index < -0.39 is 97.5 Å². The molecule has 3 N–H and O–H groups in total. The highest BCUT2D eigenvalue weighted by Gasteiger charge is 2.30. The van der Waals surface area contributed by atoms with Crippen LogP contribution in [0.5, 0.6) is 0 Å². The molecule has 0 aliphatic heterocycles. The molecule has 582 valence electrons. The van der Waals surface area contributed by atoms with E-state index in [4.69, 9.17) is 37.0 Å². The maximum atomic E-state index is 13.1. The smallest absolute Gasteiger partial charge is 0.462 e. The van der Waals surface area contributed by atoms with Crippen LogP contribution in [-0.2, 0) is 65.4 Å². The van der Waals surface area contributed by atoms with Crippen LogP contribution in [0, 0.1) is 5.92 Å². The Morgan fingerprint density at radius 2 is 0.490 bits per heavy atom. The van der Waals surface area contributed by atoms with Crippen LogP contribution in [0.3, 0.4) is 0 Å². The molecular formula is C79H154O17P2. The minimum absolute atomic E-state index is 0.108. The summed E-state index contributed by atoms with van der Waals surface area (Å²) in [4.78, 5) is 72.9. The first-order valence-electron chi connectivity index (χ1n) is 41.2. The van der Waals surface area contributed by atoms with Gasteiger partial charge in [-0.15, -0.1) is 0 Å². The Bertz CT molecular complexity index is 1880. The molecule has 98 heavy (non-hydrogen) atoms. The molecule has 0 heterocycles. The van der Waals surface area contributed by atoms with Gasteiger partial charge in [0.1, 0.15) is 19.3 Å². The van der Waals surface area contributed by atoms with E-state index in [1.807, 2.05) is 0 Å². The molecule has 0 aromatic rings. The summed E-state index contributed by atoms with van der Waals surface area (Å²) in [5.41, 5.74) is 0. The molecule has 0 aliphatic rings. The number of aliphatic hydroxyl groups excluding tert-OH is 1.